The van der Waals surface area contributed by atoms with Gasteiger partial charge in [-0.15, -0.1) is 0 Å². The molecule has 0 N–H and O–H groups in total. The lowest BCUT2D eigenvalue weighted by atomic mass is 9.81. The van der Waals surface area contributed by atoms with Crippen molar-refractivity contribution in [3.8, 4) is 0 Å². The Balaban J connectivity index is 1.36. The van der Waals surface area contributed by atoms with Gasteiger partial charge in [0.25, 0.3) is 0 Å². The number of pyridine rings is 1. The van der Waals surface area contributed by atoms with Crippen molar-refractivity contribution in [1.82, 2.24) is 4.98 Å². The molecule has 1 aliphatic heterocycles. The summed E-state index contributed by atoms with van der Waals surface area (Å²) in [7, 11) is 0. The minimum absolute atomic E-state index is 0.368. The molecule has 3 heteroatoms. The summed E-state index contributed by atoms with van der Waals surface area (Å²) in [5.74, 6) is 0.368. The molecule has 2 nitrogen and oxygen atoms in total. The van der Waals surface area contributed by atoms with E-state index in [1.165, 1.54) is 28.1 Å². The average molecular weight is 527 g/mol. The van der Waals surface area contributed by atoms with E-state index >= 15 is 0 Å². The molecular weight excluding hydrogens is 496 g/mol. The number of allylic oxidation sites excluding steroid dienone is 7. The maximum Gasteiger partial charge on any atom is 0.0709 e. The summed E-state index contributed by atoms with van der Waals surface area (Å²) >= 11 is 7.11. The van der Waals surface area contributed by atoms with Gasteiger partial charge in [-0.05, 0) is 84.4 Å². The van der Waals surface area contributed by atoms with E-state index in [4.69, 9.17) is 16.6 Å². The lowest BCUT2D eigenvalue weighted by Gasteiger charge is -2.29. The summed E-state index contributed by atoms with van der Waals surface area (Å²) in [5, 5.41) is 1.99. The molecule has 1 unspecified atom stereocenters. The van der Waals surface area contributed by atoms with Crippen molar-refractivity contribution < 1.29 is 0 Å². The topological polar surface area (TPSA) is 16.1 Å². The van der Waals surface area contributed by atoms with Crippen LogP contribution >= 0.6 is 11.6 Å². The van der Waals surface area contributed by atoms with Gasteiger partial charge in [0.15, 0.2) is 0 Å². The van der Waals surface area contributed by atoms with Crippen LogP contribution in [-0.4, -0.2) is 11.5 Å². The zero-order valence-corrected chi connectivity index (χ0v) is 22.9. The van der Waals surface area contributed by atoms with Crippen molar-refractivity contribution >= 4 is 40.3 Å². The number of para-hydroxylation sites is 2. The van der Waals surface area contributed by atoms with Crippen molar-refractivity contribution in [3.63, 3.8) is 0 Å². The molecule has 0 fully saturated rings. The number of hydrogen-bond donors (Lipinski definition) is 0. The van der Waals surface area contributed by atoms with E-state index in [1.807, 2.05) is 12.1 Å². The molecule has 0 amide bonds. The van der Waals surface area contributed by atoms with Crippen molar-refractivity contribution in [3.05, 3.63) is 154 Å². The Hall–Kier alpha value is -4.14. The van der Waals surface area contributed by atoms with Crippen LogP contribution in [0.25, 0.3) is 23.1 Å². The molecule has 3 aromatic carbocycles. The van der Waals surface area contributed by atoms with Crippen LogP contribution in [0.15, 0.2) is 137 Å². The number of benzene rings is 3. The van der Waals surface area contributed by atoms with Gasteiger partial charge in [0, 0.05) is 28.3 Å². The SMILES string of the molecule is CCN1/C(=C/C=C2\CC(c3ccccc3)CC(/C=C/c3ccc4ccccc4n3)=C2Cl)C=Cc2ccccc21. The summed E-state index contributed by atoms with van der Waals surface area (Å²) < 4.78 is 0. The van der Waals surface area contributed by atoms with E-state index in [9.17, 15) is 0 Å². The number of likely N-dealkylation sites (N-methyl/N-ethyl adjacent to an activating group) is 1. The molecule has 1 aromatic heterocycles. The Kier molecular flexibility index (Phi) is 7.29. The van der Waals surface area contributed by atoms with Gasteiger partial charge in [-0.2, -0.15) is 0 Å². The second kappa shape index (κ2) is 11.3. The molecule has 0 spiro atoms. The van der Waals surface area contributed by atoms with Gasteiger partial charge in [-0.3, -0.25) is 0 Å². The fourth-order valence-corrected chi connectivity index (χ4v) is 5.84. The highest BCUT2D eigenvalue weighted by atomic mass is 35.5. The maximum atomic E-state index is 7.11. The predicted molar refractivity (Wildman–Crippen MR) is 167 cm³/mol. The smallest absolute Gasteiger partial charge is 0.0709 e. The number of halogens is 1. The van der Waals surface area contributed by atoms with Gasteiger partial charge in [0.2, 0.25) is 0 Å². The predicted octanol–water partition coefficient (Wildman–Crippen LogP) is 9.68. The first-order chi connectivity index (χ1) is 19.2. The highest BCUT2D eigenvalue weighted by molar-refractivity contribution is 6.32. The van der Waals surface area contributed by atoms with Crippen molar-refractivity contribution in [2.24, 2.45) is 0 Å². The first-order valence-electron chi connectivity index (χ1n) is 13.6. The largest absolute Gasteiger partial charge is 0.341 e. The number of nitrogens with zero attached hydrogens (tertiary/aromatic N) is 2. The van der Waals surface area contributed by atoms with Crippen molar-refractivity contribution in [2.75, 3.05) is 11.4 Å². The summed E-state index contributed by atoms with van der Waals surface area (Å²) in [5.41, 5.74) is 9.26. The average Bonchev–Trinajstić information content (AvgIpc) is 3.00. The fourth-order valence-electron chi connectivity index (χ4n) is 5.56. The summed E-state index contributed by atoms with van der Waals surface area (Å²) in [6.45, 7) is 3.10. The Morgan fingerprint density at radius 1 is 0.821 bits per heavy atom. The van der Waals surface area contributed by atoms with E-state index in [1.54, 1.807) is 0 Å². The van der Waals surface area contributed by atoms with Crippen LogP contribution in [0, 0.1) is 0 Å². The zero-order valence-electron chi connectivity index (χ0n) is 22.1. The number of hydrogen-bond acceptors (Lipinski definition) is 2. The third-order valence-corrected chi connectivity index (χ3v) is 8.07. The van der Waals surface area contributed by atoms with Gasteiger partial charge in [-0.25, -0.2) is 4.98 Å². The molecule has 0 saturated heterocycles. The normalized spacial score (nSPS) is 19.4. The molecule has 0 saturated carbocycles. The summed E-state index contributed by atoms with van der Waals surface area (Å²) in [6.07, 6.45) is 14.9. The van der Waals surface area contributed by atoms with Crippen molar-refractivity contribution in [2.45, 2.75) is 25.7 Å². The van der Waals surface area contributed by atoms with E-state index in [2.05, 4.69) is 127 Å². The van der Waals surface area contributed by atoms with E-state index in [0.717, 1.165) is 46.6 Å². The quantitative estimate of drug-likeness (QED) is 0.257. The maximum absolute atomic E-state index is 7.11. The highest BCUT2D eigenvalue weighted by Crippen LogP contribution is 2.42. The zero-order chi connectivity index (χ0) is 26.6. The van der Waals surface area contributed by atoms with Gasteiger partial charge in [-0.1, -0.05) is 103 Å². The molecule has 192 valence electrons. The summed E-state index contributed by atoms with van der Waals surface area (Å²) in [4.78, 5) is 7.18. The van der Waals surface area contributed by atoms with Gasteiger partial charge in [0.1, 0.15) is 0 Å². The molecular formula is C36H31ClN2. The molecule has 39 heavy (non-hydrogen) atoms. The Bertz CT molecular complexity index is 1660. The molecule has 2 heterocycles. The van der Waals surface area contributed by atoms with Crippen LogP contribution in [0.4, 0.5) is 5.69 Å². The molecule has 1 atom stereocenters. The minimum Gasteiger partial charge on any atom is -0.341 e. The lowest BCUT2D eigenvalue weighted by Crippen LogP contribution is -2.23. The molecule has 1 aliphatic carbocycles. The van der Waals surface area contributed by atoms with Gasteiger partial charge >= 0.3 is 0 Å². The Labute approximate surface area is 236 Å². The van der Waals surface area contributed by atoms with E-state index in [-0.39, 0.29) is 0 Å². The van der Waals surface area contributed by atoms with Crippen LogP contribution in [0.3, 0.4) is 0 Å². The van der Waals surface area contributed by atoms with Crippen LogP contribution in [0.5, 0.6) is 0 Å². The monoisotopic (exact) mass is 526 g/mol. The van der Waals surface area contributed by atoms with Crippen LogP contribution in [-0.2, 0) is 0 Å². The van der Waals surface area contributed by atoms with E-state index in [0.29, 0.717) is 5.92 Å². The lowest BCUT2D eigenvalue weighted by molar-refractivity contribution is 0.662. The molecule has 4 aromatic rings. The number of rotatable bonds is 5. The highest BCUT2D eigenvalue weighted by Gasteiger charge is 2.24. The fraction of sp³-hybridized carbons (Fsp3) is 0.139. The van der Waals surface area contributed by atoms with Gasteiger partial charge < -0.3 is 4.90 Å². The number of aromatic nitrogens is 1. The minimum atomic E-state index is 0.368. The molecule has 2 aliphatic rings. The first-order valence-corrected chi connectivity index (χ1v) is 14.0. The first kappa shape index (κ1) is 25.2. The summed E-state index contributed by atoms with van der Waals surface area (Å²) in [6, 6.07) is 31.7. The molecule has 6 rings (SSSR count). The molecule has 0 radical (unpaired) electrons. The van der Waals surface area contributed by atoms with Crippen LogP contribution < -0.4 is 4.90 Å². The Morgan fingerprint density at radius 3 is 2.49 bits per heavy atom. The van der Waals surface area contributed by atoms with Crippen LogP contribution in [0.1, 0.15) is 42.5 Å². The second-order valence-corrected chi connectivity index (χ2v) is 10.4. The third kappa shape index (κ3) is 5.39. The van der Waals surface area contributed by atoms with Gasteiger partial charge in [0.05, 0.1) is 11.2 Å². The molecule has 0 bridgehead atoms. The number of anilines is 1. The number of fused-ring (bicyclic) bond motifs is 2. The Morgan fingerprint density at radius 2 is 1.62 bits per heavy atom. The van der Waals surface area contributed by atoms with Crippen LogP contribution in [0.2, 0.25) is 0 Å². The third-order valence-electron chi connectivity index (χ3n) is 7.59. The van der Waals surface area contributed by atoms with Crippen molar-refractivity contribution in [1.29, 1.82) is 0 Å². The standard InChI is InChI=1S/C36H31ClN2/c1-2-39-33(22-18-28-13-7-9-15-35(28)39)23-19-30-25-31(26-10-4-3-5-11-26)24-29(36(30)37)17-21-32-20-16-27-12-6-8-14-34(27)38-32/h3-23,31H,2,24-25H2,1H3/b21-17+,30-19+,33-23+. The second-order valence-electron chi connectivity index (χ2n) is 10.0. The van der Waals surface area contributed by atoms with E-state index < -0.39 is 0 Å².